The molecule has 3 nitrogen and oxygen atoms in total. The second-order valence-electron chi connectivity index (χ2n) is 4.44. The van der Waals surface area contributed by atoms with Crippen molar-refractivity contribution < 1.29 is 4.74 Å². The van der Waals surface area contributed by atoms with Gasteiger partial charge >= 0.3 is 0 Å². The highest BCUT2D eigenvalue weighted by Crippen LogP contribution is 2.30. The fourth-order valence-electron chi connectivity index (χ4n) is 1.00. The molecule has 0 spiro atoms. The summed E-state index contributed by atoms with van der Waals surface area (Å²) in [6.07, 6.45) is 2.90. The Morgan fingerprint density at radius 3 is 2.14 bits per heavy atom. The van der Waals surface area contributed by atoms with Crippen LogP contribution in [0.3, 0.4) is 0 Å². The summed E-state index contributed by atoms with van der Waals surface area (Å²) in [4.78, 5) is 0. The van der Waals surface area contributed by atoms with Gasteiger partial charge in [-0.3, -0.25) is 5.41 Å². The molecule has 1 unspecified atom stereocenters. The Morgan fingerprint density at radius 2 is 1.86 bits per heavy atom. The third-order valence-electron chi connectivity index (χ3n) is 2.48. The molecule has 1 atom stereocenters. The molecule has 0 rings (SSSR count). The van der Waals surface area contributed by atoms with Crippen molar-refractivity contribution in [2.75, 3.05) is 7.11 Å². The van der Waals surface area contributed by atoms with Crippen molar-refractivity contribution >= 4 is 12.1 Å². The average Bonchev–Trinajstić information content (AvgIpc) is 2.11. The largest absolute Gasteiger partial charge is 0.481 e. The van der Waals surface area contributed by atoms with Gasteiger partial charge in [0.2, 0.25) is 5.90 Å². The Kier molecular flexibility index (Phi) is 4.54. The van der Waals surface area contributed by atoms with Crippen molar-refractivity contribution in [3.05, 3.63) is 11.6 Å². The maximum absolute atomic E-state index is 7.37. The molecule has 0 aromatic carbocycles. The fraction of sp³-hybridized carbons (Fsp3) is 0.636. The zero-order chi connectivity index (χ0) is 11.4. The number of allylic oxidation sites excluding steroid dienone is 1. The molecule has 0 bridgehead atoms. The number of hydrogen-bond donors (Lipinski definition) is 2. The van der Waals surface area contributed by atoms with Crippen LogP contribution in [-0.4, -0.2) is 19.2 Å². The predicted octanol–water partition coefficient (Wildman–Crippen LogP) is 2.87. The molecule has 0 saturated carbocycles. The Balaban J connectivity index is 4.82. The summed E-state index contributed by atoms with van der Waals surface area (Å²) in [7, 11) is 1.46. The highest BCUT2D eigenvalue weighted by molar-refractivity contribution is 5.92. The Labute approximate surface area is 86.2 Å². The molecule has 0 aromatic heterocycles. The quantitative estimate of drug-likeness (QED) is 0.529. The maximum Gasteiger partial charge on any atom is 0.205 e. The van der Waals surface area contributed by atoms with Crippen molar-refractivity contribution in [1.82, 2.24) is 0 Å². The Bertz CT molecular complexity index is 249. The molecule has 3 heteroatoms. The van der Waals surface area contributed by atoms with E-state index in [9.17, 15) is 0 Å². The number of nitrogens with one attached hydrogen (secondary N) is 2. The van der Waals surface area contributed by atoms with Crippen molar-refractivity contribution in [2.45, 2.75) is 27.7 Å². The SMILES string of the molecule is COC(=N)/C=C(\C=N)C(C)C(C)(C)C. The molecule has 2 N–H and O–H groups in total. The van der Waals surface area contributed by atoms with Crippen LogP contribution in [0.25, 0.3) is 0 Å². The number of rotatable bonds is 3. The summed E-state index contributed by atoms with van der Waals surface area (Å²) in [6, 6.07) is 0. The highest BCUT2D eigenvalue weighted by atomic mass is 16.5. The molecule has 0 aromatic rings. The van der Waals surface area contributed by atoms with Crippen LogP contribution in [-0.2, 0) is 4.74 Å². The molecule has 0 aliphatic carbocycles. The van der Waals surface area contributed by atoms with Gasteiger partial charge in [0.05, 0.1) is 7.11 Å². The lowest BCUT2D eigenvalue weighted by atomic mass is 9.77. The first kappa shape index (κ1) is 12.9. The number of methoxy groups -OCH3 is 1. The lowest BCUT2D eigenvalue weighted by Crippen LogP contribution is -2.20. The zero-order valence-electron chi connectivity index (χ0n) is 9.64. The van der Waals surface area contributed by atoms with Gasteiger partial charge < -0.3 is 10.1 Å². The van der Waals surface area contributed by atoms with Gasteiger partial charge in [0.15, 0.2) is 0 Å². The summed E-state index contributed by atoms with van der Waals surface area (Å²) in [5.41, 5.74) is 0.918. The summed E-state index contributed by atoms with van der Waals surface area (Å²) in [5.74, 6) is 0.329. The van der Waals surface area contributed by atoms with Gasteiger partial charge in [0, 0.05) is 12.3 Å². The van der Waals surface area contributed by atoms with Crippen LogP contribution in [0.1, 0.15) is 27.7 Å². The first-order valence-corrected chi connectivity index (χ1v) is 4.67. The smallest absolute Gasteiger partial charge is 0.205 e. The second-order valence-corrected chi connectivity index (χ2v) is 4.44. The maximum atomic E-state index is 7.37. The van der Waals surface area contributed by atoms with Gasteiger partial charge in [-0.2, -0.15) is 0 Å². The van der Waals surface area contributed by atoms with Gasteiger partial charge in [0.1, 0.15) is 0 Å². The van der Waals surface area contributed by atoms with E-state index in [2.05, 4.69) is 27.7 Å². The molecule has 80 valence electrons. The molecular formula is C11H20N2O. The predicted molar refractivity (Wildman–Crippen MR) is 60.2 cm³/mol. The summed E-state index contributed by atoms with van der Waals surface area (Å²) in [5, 5.41) is 14.7. The van der Waals surface area contributed by atoms with Gasteiger partial charge in [0.25, 0.3) is 0 Å². The van der Waals surface area contributed by atoms with E-state index in [1.807, 2.05) is 0 Å². The van der Waals surface area contributed by atoms with Crippen LogP contribution in [0.15, 0.2) is 11.6 Å². The highest BCUT2D eigenvalue weighted by Gasteiger charge is 2.22. The zero-order valence-corrected chi connectivity index (χ0v) is 9.64. The molecule has 0 saturated heterocycles. The Hall–Kier alpha value is -1.12. The topological polar surface area (TPSA) is 56.9 Å². The summed E-state index contributed by atoms with van der Waals surface area (Å²) < 4.78 is 4.75. The normalized spacial score (nSPS) is 14.8. The molecular weight excluding hydrogens is 176 g/mol. The van der Waals surface area contributed by atoms with Gasteiger partial charge in [-0.05, 0) is 16.9 Å². The standard InChI is InChI=1S/C11H20N2O/c1-8(11(2,3)4)9(7-12)6-10(13)14-5/h6-8,12-13H,1-5H3/b9-6+,12-7?,13-10?. The molecule has 0 aliphatic rings. The van der Waals surface area contributed by atoms with E-state index in [0.717, 1.165) is 5.57 Å². The van der Waals surface area contributed by atoms with Crippen molar-refractivity contribution in [1.29, 1.82) is 10.8 Å². The van der Waals surface area contributed by atoms with Crippen molar-refractivity contribution in [3.8, 4) is 0 Å². The van der Waals surface area contributed by atoms with E-state index >= 15 is 0 Å². The third kappa shape index (κ3) is 3.73. The molecule has 0 radical (unpaired) electrons. The second kappa shape index (κ2) is 4.94. The molecule has 0 fully saturated rings. The average molecular weight is 196 g/mol. The van der Waals surface area contributed by atoms with E-state index in [0.29, 0.717) is 0 Å². The van der Waals surface area contributed by atoms with Crippen molar-refractivity contribution in [2.24, 2.45) is 11.3 Å². The minimum atomic E-state index is 0.0946. The third-order valence-corrected chi connectivity index (χ3v) is 2.48. The van der Waals surface area contributed by atoms with Crippen molar-refractivity contribution in [3.63, 3.8) is 0 Å². The first-order chi connectivity index (χ1) is 6.32. The fourth-order valence-corrected chi connectivity index (χ4v) is 1.00. The summed E-state index contributed by atoms with van der Waals surface area (Å²) in [6.45, 7) is 8.40. The lowest BCUT2D eigenvalue weighted by molar-refractivity contribution is 0.307. The van der Waals surface area contributed by atoms with E-state index in [4.69, 9.17) is 15.6 Å². The molecule has 0 aliphatic heterocycles. The van der Waals surface area contributed by atoms with Gasteiger partial charge in [-0.25, -0.2) is 0 Å². The molecule has 0 amide bonds. The van der Waals surface area contributed by atoms with Crippen LogP contribution in [0, 0.1) is 22.2 Å². The first-order valence-electron chi connectivity index (χ1n) is 4.67. The van der Waals surface area contributed by atoms with E-state index < -0.39 is 0 Å². The van der Waals surface area contributed by atoms with Crippen LogP contribution >= 0.6 is 0 Å². The lowest BCUT2D eigenvalue weighted by Gasteiger charge is -2.27. The van der Waals surface area contributed by atoms with Crippen LogP contribution in [0.4, 0.5) is 0 Å². The van der Waals surface area contributed by atoms with E-state index in [1.165, 1.54) is 13.3 Å². The Morgan fingerprint density at radius 1 is 1.36 bits per heavy atom. The van der Waals surface area contributed by atoms with Crippen LogP contribution in [0.5, 0.6) is 0 Å². The van der Waals surface area contributed by atoms with E-state index in [-0.39, 0.29) is 17.2 Å². The monoisotopic (exact) mass is 196 g/mol. The molecule has 0 heterocycles. The van der Waals surface area contributed by atoms with E-state index in [1.54, 1.807) is 6.08 Å². The minimum absolute atomic E-state index is 0.0946. The number of ether oxygens (including phenoxy) is 1. The van der Waals surface area contributed by atoms with Gasteiger partial charge in [-0.15, -0.1) is 0 Å². The van der Waals surface area contributed by atoms with Gasteiger partial charge in [-0.1, -0.05) is 27.7 Å². The number of hydrogen-bond acceptors (Lipinski definition) is 3. The van der Waals surface area contributed by atoms with Crippen LogP contribution < -0.4 is 0 Å². The minimum Gasteiger partial charge on any atom is -0.481 e. The summed E-state index contributed by atoms with van der Waals surface area (Å²) >= 11 is 0. The molecule has 14 heavy (non-hydrogen) atoms. The van der Waals surface area contributed by atoms with Crippen LogP contribution in [0.2, 0.25) is 0 Å².